The number of hydrogen-bond donors (Lipinski definition) is 2. The fourth-order valence-corrected chi connectivity index (χ4v) is 1.88. The molecule has 0 heterocycles. The van der Waals surface area contributed by atoms with Gasteiger partial charge in [0.15, 0.2) is 11.5 Å². The fraction of sp³-hybridized carbons (Fsp3) is 0.214. The number of benzene rings is 1. The largest absolute Gasteiger partial charge is 0.493 e. The lowest BCUT2D eigenvalue weighted by Gasteiger charge is -2.12. The number of amides is 3. The zero-order valence-electron chi connectivity index (χ0n) is 12.0. The Balaban J connectivity index is 3.23. The third-order valence-electron chi connectivity index (χ3n) is 2.45. The number of nitrogens with zero attached hydrogens (tertiary/aromatic N) is 1. The number of nitriles is 1. The highest BCUT2D eigenvalue weighted by Crippen LogP contribution is 2.36. The van der Waals surface area contributed by atoms with Crippen LogP contribution in [-0.4, -0.2) is 25.7 Å². The molecule has 0 aliphatic rings. The van der Waals surface area contributed by atoms with Crippen LogP contribution in [0.2, 0.25) is 5.02 Å². The van der Waals surface area contributed by atoms with Crippen LogP contribution in [0.5, 0.6) is 11.5 Å². The van der Waals surface area contributed by atoms with Crippen LogP contribution in [0.25, 0.3) is 6.08 Å². The van der Waals surface area contributed by atoms with E-state index in [0.29, 0.717) is 23.7 Å². The van der Waals surface area contributed by atoms with Gasteiger partial charge in [0, 0.05) is 0 Å². The molecule has 0 unspecified atom stereocenters. The van der Waals surface area contributed by atoms with Crippen molar-refractivity contribution in [3.8, 4) is 17.6 Å². The first-order valence-electron chi connectivity index (χ1n) is 6.15. The number of primary amides is 1. The third kappa shape index (κ3) is 4.40. The minimum atomic E-state index is -1.05. The van der Waals surface area contributed by atoms with E-state index in [0.717, 1.165) is 0 Å². The van der Waals surface area contributed by atoms with Gasteiger partial charge in [-0.2, -0.15) is 5.26 Å². The molecule has 0 aromatic heterocycles. The Kier molecular flexibility index (Phi) is 6.23. The van der Waals surface area contributed by atoms with Crippen LogP contribution in [0.4, 0.5) is 4.79 Å². The molecular weight excluding hydrogens is 310 g/mol. The number of halogens is 1. The van der Waals surface area contributed by atoms with E-state index in [2.05, 4.69) is 0 Å². The molecule has 1 aromatic rings. The molecule has 22 heavy (non-hydrogen) atoms. The van der Waals surface area contributed by atoms with Crippen LogP contribution < -0.4 is 20.5 Å². The summed E-state index contributed by atoms with van der Waals surface area (Å²) in [5.41, 5.74) is 4.96. The first kappa shape index (κ1) is 17.3. The van der Waals surface area contributed by atoms with Crippen LogP contribution in [0, 0.1) is 11.3 Å². The molecule has 0 aliphatic carbocycles. The van der Waals surface area contributed by atoms with Crippen LogP contribution in [-0.2, 0) is 4.79 Å². The van der Waals surface area contributed by atoms with Crippen molar-refractivity contribution in [3.05, 3.63) is 28.3 Å². The summed E-state index contributed by atoms with van der Waals surface area (Å²) in [6, 6.07) is 3.68. The van der Waals surface area contributed by atoms with E-state index in [1.54, 1.807) is 19.1 Å². The molecule has 116 valence electrons. The van der Waals surface area contributed by atoms with Gasteiger partial charge in [0.05, 0.1) is 18.7 Å². The van der Waals surface area contributed by atoms with Crippen molar-refractivity contribution in [3.63, 3.8) is 0 Å². The number of rotatable bonds is 5. The third-order valence-corrected chi connectivity index (χ3v) is 2.73. The van der Waals surface area contributed by atoms with Crippen molar-refractivity contribution < 1.29 is 19.1 Å². The summed E-state index contributed by atoms with van der Waals surface area (Å²) in [6.45, 7) is 2.20. The molecular formula is C14H14ClN3O4. The Hall–Kier alpha value is -2.72. The first-order chi connectivity index (χ1) is 10.4. The molecule has 3 N–H and O–H groups in total. The molecule has 8 heteroatoms. The summed E-state index contributed by atoms with van der Waals surface area (Å²) < 4.78 is 10.5. The zero-order chi connectivity index (χ0) is 16.7. The highest BCUT2D eigenvalue weighted by molar-refractivity contribution is 6.32. The lowest BCUT2D eigenvalue weighted by molar-refractivity contribution is -0.115. The van der Waals surface area contributed by atoms with Crippen LogP contribution in [0.1, 0.15) is 12.5 Å². The zero-order valence-corrected chi connectivity index (χ0v) is 12.7. The van der Waals surface area contributed by atoms with E-state index < -0.39 is 11.9 Å². The number of urea groups is 1. The number of carbonyl (C=O) groups excluding carboxylic acids is 2. The number of hydrogen-bond acceptors (Lipinski definition) is 5. The average molecular weight is 324 g/mol. The second-order valence-corrected chi connectivity index (χ2v) is 4.36. The predicted octanol–water partition coefficient (Wildman–Crippen LogP) is 1.85. The van der Waals surface area contributed by atoms with Gasteiger partial charge < -0.3 is 15.2 Å². The van der Waals surface area contributed by atoms with Crippen LogP contribution in [0.3, 0.4) is 0 Å². The van der Waals surface area contributed by atoms with Crippen molar-refractivity contribution in [2.24, 2.45) is 5.73 Å². The number of ether oxygens (including phenoxy) is 2. The van der Waals surface area contributed by atoms with Crippen LogP contribution >= 0.6 is 11.6 Å². The second-order valence-electron chi connectivity index (χ2n) is 3.96. The molecule has 0 fully saturated rings. The maximum absolute atomic E-state index is 11.6. The van der Waals surface area contributed by atoms with Gasteiger partial charge in [0.1, 0.15) is 11.6 Å². The Bertz CT molecular complexity index is 665. The van der Waals surface area contributed by atoms with E-state index >= 15 is 0 Å². The van der Waals surface area contributed by atoms with Gasteiger partial charge in [0.2, 0.25) is 0 Å². The maximum Gasteiger partial charge on any atom is 0.319 e. The SMILES string of the molecule is CCOc1c(Cl)cc(/C=C(/C#N)C(=O)NC(N)=O)cc1OC. The van der Waals surface area contributed by atoms with Crippen molar-refractivity contribution in [2.45, 2.75) is 6.92 Å². The minimum absolute atomic E-state index is 0.264. The van der Waals surface area contributed by atoms with Gasteiger partial charge in [-0.05, 0) is 30.7 Å². The summed E-state index contributed by atoms with van der Waals surface area (Å²) in [4.78, 5) is 22.3. The number of imide groups is 1. The number of methoxy groups -OCH3 is 1. The lowest BCUT2D eigenvalue weighted by Crippen LogP contribution is -2.35. The molecule has 0 saturated heterocycles. The highest BCUT2D eigenvalue weighted by atomic mass is 35.5. The van der Waals surface area contributed by atoms with E-state index in [-0.39, 0.29) is 10.6 Å². The predicted molar refractivity (Wildman–Crippen MR) is 80.5 cm³/mol. The van der Waals surface area contributed by atoms with Crippen molar-refractivity contribution in [1.82, 2.24) is 5.32 Å². The Morgan fingerprint density at radius 1 is 1.50 bits per heavy atom. The maximum atomic E-state index is 11.6. The lowest BCUT2D eigenvalue weighted by atomic mass is 10.1. The monoisotopic (exact) mass is 323 g/mol. The topological polar surface area (TPSA) is 114 Å². The number of carbonyl (C=O) groups is 2. The van der Waals surface area contributed by atoms with Gasteiger partial charge in [-0.1, -0.05) is 11.6 Å². The minimum Gasteiger partial charge on any atom is -0.493 e. The molecule has 7 nitrogen and oxygen atoms in total. The van der Waals surface area contributed by atoms with Gasteiger partial charge in [-0.15, -0.1) is 0 Å². The summed E-state index contributed by atoms with van der Waals surface area (Å²) in [5, 5.41) is 11.1. The fourth-order valence-electron chi connectivity index (χ4n) is 1.60. The van der Waals surface area contributed by atoms with Gasteiger partial charge in [-0.25, -0.2) is 4.79 Å². The van der Waals surface area contributed by atoms with Crippen molar-refractivity contribution >= 4 is 29.6 Å². The van der Waals surface area contributed by atoms with Crippen molar-refractivity contribution in [2.75, 3.05) is 13.7 Å². The summed E-state index contributed by atoms with van der Waals surface area (Å²) in [7, 11) is 1.44. The Morgan fingerprint density at radius 2 is 2.18 bits per heavy atom. The smallest absolute Gasteiger partial charge is 0.319 e. The van der Waals surface area contributed by atoms with Crippen LogP contribution in [0.15, 0.2) is 17.7 Å². The molecule has 0 bridgehead atoms. The Labute approximate surface area is 132 Å². The molecule has 0 atom stereocenters. The molecule has 0 spiro atoms. The molecule has 1 aromatic carbocycles. The van der Waals surface area contributed by atoms with Gasteiger partial charge in [0.25, 0.3) is 5.91 Å². The standard InChI is InChI=1S/C14H14ClN3O4/c1-3-22-12-10(15)5-8(6-11(12)21-2)4-9(7-16)13(19)18-14(17)20/h4-6H,3H2,1-2H3,(H3,17,18,19,20)/b9-4-. The van der Waals surface area contributed by atoms with Gasteiger partial charge in [-0.3, -0.25) is 10.1 Å². The number of nitrogens with one attached hydrogen (secondary N) is 1. The average Bonchev–Trinajstić information content (AvgIpc) is 2.46. The normalized spacial score (nSPS) is 10.5. The summed E-state index contributed by atoms with van der Waals surface area (Å²) >= 11 is 6.09. The van der Waals surface area contributed by atoms with Gasteiger partial charge >= 0.3 is 6.03 Å². The first-order valence-corrected chi connectivity index (χ1v) is 6.53. The summed E-state index contributed by atoms with van der Waals surface area (Å²) in [5.74, 6) is -0.184. The van der Waals surface area contributed by atoms with E-state index in [4.69, 9.17) is 32.1 Å². The highest BCUT2D eigenvalue weighted by Gasteiger charge is 2.14. The Morgan fingerprint density at radius 3 is 2.68 bits per heavy atom. The number of nitrogens with two attached hydrogens (primary N) is 1. The quantitative estimate of drug-likeness (QED) is 0.634. The molecule has 3 amide bonds. The van der Waals surface area contributed by atoms with E-state index in [1.807, 2.05) is 5.32 Å². The molecule has 0 saturated carbocycles. The second kappa shape index (κ2) is 7.90. The summed E-state index contributed by atoms with van der Waals surface area (Å²) in [6.07, 6.45) is 1.25. The molecule has 1 rings (SSSR count). The molecule has 0 radical (unpaired) electrons. The van der Waals surface area contributed by atoms with E-state index in [1.165, 1.54) is 19.3 Å². The molecule has 0 aliphatic heterocycles. The van der Waals surface area contributed by atoms with E-state index in [9.17, 15) is 9.59 Å². The van der Waals surface area contributed by atoms with Crippen molar-refractivity contribution in [1.29, 1.82) is 5.26 Å².